The van der Waals surface area contributed by atoms with Crippen molar-refractivity contribution in [2.24, 2.45) is 0 Å². The molecular formula is C18H19N7O. The number of anilines is 1. The molecule has 2 aromatic heterocycles. The molecule has 3 heterocycles. The van der Waals surface area contributed by atoms with Gasteiger partial charge >= 0.3 is 0 Å². The van der Waals surface area contributed by atoms with Gasteiger partial charge in [0.05, 0.1) is 0 Å². The number of carbonyl (C=O) groups excluding carboxylic acids is 1. The lowest BCUT2D eigenvalue weighted by Crippen LogP contribution is -2.25. The molecule has 1 aliphatic heterocycles. The molecule has 0 atom stereocenters. The van der Waals surface area contributed by atoms with E-state index in [2.05, 4.69) is 36.0 Å². The van der Waals surface area contributed by atoms with Crippen molar-refractivity contribution in [3.8, 4) is 11.4 Å². The first-order valence-electron chi connectivity index (χ1n) is 8.89. The molecule has 0 radical (unpaired) electrons. The number of nitrogens with one attached hydrogen (secondary N) is 4. The number of fused-ring (bicyclic) bond motifs is 1. The van der Waals surface area contributed by atoms with E-state index in [0.717, 1.165) is 35.6 Å². The topological polar surface area (TPSA) is 111 Å². The molecule has 1 aliphatic carbocycles. The predicted molar refractivity (Wildman–Crippen MR) is 95.7 cm³/mol. The third-order valence-corrected chi connectivity index (χ3v) is 4.87. The molecule has 0 unspecified atom stereocenters. The number of amides is 1. The van der Waals surface area contributed by atoms with E-state index < -0.39 is 0 Å². The van der Waals surface area contributed by atoms with Crippen molar-refractivity contribution in [2.45, 2.75) is 31.7 Å². The summed E-state index contributed by atoms with van der Waals surface area (Å²) in [4.78, 5) is 17.2. The first-order chi connectivity index (χ1) is 12.8. The number of aromatic nitrogens is 5. The second-order valence-corrected chi connectivity index (χ2v) is 6.81. The summed E-state index contributed by atoms with van der Waals surface area (Å²) in [6.45, 7) is 1.56. The lowest BCUT2D eigenvalue weighted by molar-refractivity contribution is 0.102. The van der Waals surface area contributed by atoms with Crippen LogP contribution in [0, 0.1) is 0 Å². The molecule has 132 valence electrons. The van der Waals surface area contributed by atoms with E-state index in [1.807, 2.05) is 24.3 Å². The normalized spacial score (nSPS) is 16.3. The van der Waals surface area contributed by atoms with Crippen LogP contribution >= 0.6 is 0 Å². The minimum atomic E-state index is -0.211. The summed E-state index contributed by atoms with van der Waals surface area (Å²) in [5.74, 6) is 1.92. The molecular weight excluding hydrogens is 330 g/mol. The zero-order valence-electron chi connectivity index (χ0n) is 14.2. The zero-order valence-corrected chi connectivity index (χ0v) is 14.2. The minimum Gasteiger partial charge on any atom is -0.321 e. The first-order valence-corrected chi connectivity index (χ1v) is 8.89. The van der Waals surface area contributed by atoms with Crippen LogP contribution in [-0.2, 0) is 13.0 Å². The van der Waals surface area contributed by atoms with Crippen LogP contribution in [0.3, 0.4) is 0 Å². The molecule has 8 heteroatoms. The number of carbonyl (C=O) groups is 1. The highest BCUT2D eigenvalue weighted by molar-refractivity contribution is 6.04. The van der Waals surface area contributed by atoms with Crippen molar-refractivity contribution in [1.82, 2.24) is 30.7 Å². The number of hydrogen-bond donors (Lipinski definition) is 4. The Hall–Kier alpha value is -3.00. The van der Waals surface area contributed by atoms with Crippen molar-refractivity contribution < 1.29 is 4.79 Å². The van der Waals surface area contributed by atoms with Gasteiger partial charge in [0, 0.05) is 47.9 Å². The Bertz CT molecular complexity index is 970. The third-order valence-electron chi connectivity index (χ3n) is 4.87. The van der Waals surface area contributed by atoms with Crippen LogP contribution in [0.4, 0.5) is 5.69 Å². The Balaban J connectivity index is 1.37. The van der Waals surface area contributed by atoms with Gasteiger partial charge in [0.25, 0.3) is 5.91 Å². The highest BCUT2D eigenvalue weighted by Crippen LogP contribution is 2.38. The van der Waals surface area contributed by atoms with Gasteiger partial charge in [0.15, 0.2) is 11.5 Å². The van der Waals surface area contributed by atoms with E-state index in [1.54, 1.807) is 0 Å². The number of nitrogens with zero attached hydrogens (tertiary/aromatic N) is 3. The van der Waals surface area contributed by atoms with Crippen LogP contribution in [0.2, 0.25) is 0 Å². The Morgan fingerprint density at radius 1 is 1.19 bits per heavy atom. The van der Waals surface area contributed by atoms with Gasteiger partial charge in [0.1, 0.15) is 5.82 Å². The fraction of sp³-hybridized carbons (Fsp3) is 0.333. The van der Waals surface area contributed by atoms with E-state index in [1.165, 1.54) is 12.8 Å². The molecule has 0 spiro atoms. The lowest BCUT2D eigenvalue weighted by Gasteiger charge is -2.13. The molecule has 1 fully saturated rings. The smallest absolute Gasteiger partial charge is 0.276 e. The SMILES string of the molecule is O=C(Nc1cccc(-c2n[nH]c(C3CC3)n2)c1)c1n[nH]c2c1CNCC2. The van der Waals surface area contributed by atoms with Gasteiger partial charge in [-0.25, -0.2) is 4.98 Å². The summed E-state index contributed by atoms with van der Waals surface area (Å²) in [5, 5.41) is 20.7. The van der Waals surface area contributed by atoms with Crippen LogP contribution in [0.5, 0.6) is 0 Å². The average Bonchev–Trinajstić information content (AvgIpc) is 3.24. The second kappa shape index (κ2) is 6.06. The number of H-pyrrole nitrogens is 2. The largest absolute Gasteiger partial charge is 0.321 e. The quantitative estimate of drug-likeness (QED) is 0.575. The number of hydrogen-bond acceptors (Lipinski definition) is 5. The van der Waals surface area contributed by atoms with Gasteiger partial charge < -0.3 is 10.6 Å². The summed E-state index contributed by atoms with van der Waals surface area (Å²) in [7, 11) is 0. The molecule has 3 aromatic rings. The molecule has 0 bridgehead atoms. The van der Waals surface area contributed by atoms with Crippen molar-refractivity contribution in [1.29, 1.82) is 0 Å². The first kappa shape index (κ1) is 15.3. The lowest BCUT2D eigenvalue weighted by atomic mass is 10.1. The molecule has 26 heavy (non-hydrogen) atoms. The predicted octanol–water partition coefficient (Wildman–Crippen LogP) is 1.97. The summed E-state index contributed by atoms with van der Waals surface area (Å²) in [6, 6.07) is 7.57. The Morgan fingerprint density at radius 2 is 2.12 bits per heavy atom. The molecule has 0 saturated heterocycles. The molecule has 5 rings (SSSR count). The van der Waals surface area contributed by atoms with E-state index >= 15 is 0 Å². The van der Waals surface area contributed by atoms with Gasteiger partial charge in [-0.1, -0.05) is 12.1 Å². The highest BCUT2D eigenvalue weighted by atomic mass is 16.1. The van der Waals surface area contributed by atoms with E-state index in [-0.39, 0.29) is 5.91 Å². The van der Waals surface area contributed by atoms with Crippen LogP contribution < -0.4 is 10.6 Å². The van der Waals surface area contributed by atoms with Crippen LogP contribution in [0.25, 0.3) is 11.4 Å². The Kier molecular flexibility index (Phi) is 3.56. The summed E-state index contributed by atoms with van der Waals surface area (Å²) in [6.07, 6.45) is 3.21. The van der Waals surface area contributed by atoms with E-state index in [4.69, 9.17) is 0 Å². The third kappa shape index (κ3) is 2.78. The van der Waals surface area contributed by atoms with E-state index in [0.29, 0.717) is 29.7 Å². The maximum absolute atomic E-state index is 12.6. The second-order valence-electron chi connectivity index (χ2n) is 6.81. The fourth-order valence-corrected chi connectivity index (χ4v) is 3.28. The van der Waals surface area contributed by atoms with Crippen molar-refractivity contribution in [2.75, 3.05) is 11.9 Å². The average molecular weight is 349 g/mol. The van der Waals surface area contributed by atoms with Gasteiger partial charge in [-0.15, -0.1) is 0 Å². The molecule has 1 aromatic carbocycles. The van der Waals surface area contributed by atoms with Crippen LogP contribution in [0.15, 0.2) is 24.3 Å². The van der Waals surface area contributed by atoms with Gasteiger partial charge in [-0.3, -0.25) is 15.0 Å². The monoisotopic (exact) mass is 349 g/mol. The Labute approximate surface area is 149 Å². The van der Waals surface area contributed by atoms with Crippen LogP contribution in [0.1, 0.15) is 46.3 Å². The maximum atomic E-state index is 12.6. The van der Waals surface area contributed by atoms with Gasteiger partial charge in [-0.2, -0.15) is 10.2 Å². The summed E-state index contributed by atoms with van der Waals surface area (Å²) in [5.41, 5.74) is 4.01. The van der Waals surface area contributed by atoms with Crippen molar-refractivity contribution in [3.05, 3.63) is 47.0 Å². The fourth-order valence-electron chi connectivity index (χ4n) is 3.28. The standard InChI is InChI=1S/C18H19N7O/c26-18(15-13-9-19-7-6-14(13)22-23-15)20-12-3-1-2-11(8-12)17-21-16(24-25-17)10-4-5-10/h1-3,8,10,19H,4-7,9H2,(H,20,26)(H,22,23)(H,21,24,25). The molecule has 4 N–H and O–H groups in total. The van der Waals surface area contributed by atoms with E-state index in [9.17, 15) is 4.79 Å². The molecule has 8 nitrogen and oxygen atoms in total. The number of benzene rings is 1. The molecule has 2 aliphatic rings. The number of aromatic amines is 2. The minimum absolute atomic E-state index is 0.211. The summed E-state index contributed by atoms with van der Waals surface area (Å²) >= 11 is 0. The van der Waals surface area contributed by atoms with Gasteiger partial charge in [-0.05, 0) is 25.0 Å². The number of rotatable bonds is 4. The summed E-state index contributed by atoms with van der Waals surface area (Å²) < 4.78 is 0. The van der Waals surface area contributed by atoms with Crippen LogP contribution in [-0.4, -0.2) is 37.8 Å². The molecule has 1 saturated carbocycles. The highest BCUT2D eigenvalue weighted by Gasteiger charge is 2.27. The van der Waals surface area contributed by atoms with Gasteiger partial charge in [0.2, 0.25) is 0 Å². The van der Waals surface area contributed by atoms with Crippen molar-refractivity contribution in [3.63, 3.8) is 0 Å². The maximum Gasteiger partial charge on any atom is 0.276 e. The molecule has 1 amide bonds. The zero-order chi connectivity index (χ0) is 17.5. The Morgan fingerprint density at radius 3 is 3.00 bits per heavy atom. The van der Waals surface area contributed by atoms with Crippen molar-refractivity contribution >= 4 is 11.6 Å².